The number of benzene rings is 2. The van der Waals surface area contributed by atoms with E-state index in [-0.39, 0.29) is 0 Å². The normalized spacial score (nSPS) is 15.9. The molecule has 0 amide bonds. The molecule has 2 aromatic carbocycles. The summed E-state index contributed by atoms with van der Waals surface area (Å²) in [5.74, 6) is 0. The third-order valence-corrected chi connectivity index (χ3v) is 4.61. The van der Waals surface area contributed by atoms with E-state index in [0.717, 1.165) is 0 Å². The quantitative estimate of drug-likeness (QED) is 0.452. The molecule has 138 valence electrons. The smallest absolute Gasteiger partial charge is 0.0398 e. The lowest BCUT2D eigenvalue weighted by molar-refractivity contribution is 0.504. The highest BCUT2D eigenvalue weighted by molar-refractivity contribution is 5.11. The fourth-order valence-corrected chi connectivity index (χ4v) is 3.04. The molecular formula is C25H38. The van der Waals surface area contributed by atoms with Crippen LogP contribution in [-0.4, -0.2) is 0 Å². The summed E-state index contributed by atoms with van der Waals surface area (Å²) >= 11 is 0. The maximum Gasteiger partial charge on any atom is -0.0398 e. The molecule has 2 aromatic rings. The Kier molecular flexibility index (Phi) is 14.8. The van der Waals surface area contributed by atoms with Gasteiger partial charge in [-0.25, -0.2) is 0 Å². The monoisotopic (exact) mass is 338 g/mol. The standard InChI is InChI=1S/C7H8.2C6H12.C6H6/c1-7-5-3-2-4-6-7;3*1-2-4-6-5-3-1/h2-6H,1H3;2*1-6H2;1-6H. The van der Waals surface area contributed by atoms with Crippen LogP contribution in [0.2, 0.25) is 0 Å². The van der Waals surface area contributed by atoms with E-state index in [9.17, 15) is 0 Å². The van der Waals surface area contributed by atoms with Crippen molar-refractivity contribution in [3.63, 3.8) is 0 Å². The number of hydrogen-bond acceptors (Lipinski definition) is 0. The van der Waals surface area contributed by atoms with Crippen molar-refractivity contribution in [1.82, 2.24) is 0 Å². The van der Waals surface area contributed by atoms with Crippen LogP contribution >= 0.6 is 0 Å². The third-order valence-electron chi connectivity index (χ3n) is 4.61. The molecule has 0 unspecified atom stereocenters. The minimum absolute atomic E-state index is 1.32. The van der Waals surface area contributed by atoms with E-state index in [1.165, 1.54) is 82.6 Å². The summed E-state index contributed by atoms with van der Waals surface area (Å²) in [6.07, 6.45) is 18.0. The average molecular weight is 339 g/mol. The van der Waals surface area contributed by atoms with Gasteiger partial charge in [-0.15, -0.1) is 0 Å². The molecule has 0 aliphatic heterocycles. The van der Waals surface area contributed by atoms with Gasteiger partial charge in [0.1, 0.15) is 0 Å². The molecule has 2 fully saturated rings. The van der Waals surface area contributed by atoms with E-state index >= 15 is 0 Å². The van der Waals surface area contributed by atoms with Gasteiger partial charge in [0.15, 0.2) is 0 Å². The molecule has 4 rings (SSSR count). The Morgan fingerprint density at radius 1 is 0.360 bits per heavy atom. The van der Waals surface area contributed by atoms with Gasteiger partial charge < -0.3 is 0 Å². The Labute approximate surface area is 156 Å². The van der Waals surface area contributed by atoms with Crippen molar-refractivity contribution >= 4 is 0 Å². The van der Waals surface area contributed by atoms with Gasteiger partial charge >= 0.3 is 0 Å². The first kappa shape index (κ1) is 21.5. The molecule has 0 heterocycles. The molecule has 0 N–H and O–H groups in total. The van der Waals surface area contributed by atoms with Gasteiger partial charge in [0.2, 0.25) is 0 Å². The lowest BCUT2D eigenvalue weighted by Crippen LogP contribution is -1.85. The Bertz CT molecular complexity index is 390. The van der Waals surface area contributed by atoms with Crippen LogP contribution in [0.25, 0.3) is 0 Å². The van der Waals surface area contributed by atoms with Gasteiger partial charge in [-0.05, 0) is 6.92 Å². The van der Waals surface area contributed by atoms with E-state index in [0.29, 0.717) is 0 Å². The molecule has 0 radical (unpaired) electrons. The van der Waals surface area contributed by atoms with Gasteiger partial charge in [-0.1, -0.05) is 149 Å². The molecule has 2 aliphatic rings. The SMILES string of the molecule is C1CCCCC1.C1CCCCC1.Cc1ccccc1.c1ccccc1. The van der Waals surface area contributed by atoms with Gasteiger partial charge in [0, 0.05) is 0 Å². The Morgan fingerprint density at radius 3 is 0.720 bits per heavy atom. The second-order valence-corrected chi connectivity index (χ2v) is 7.05. The first-order valence-electron chi connectivity index (χ1n) is 10.4. The number of rotatable bonds is 0. The van der Waals surface area contributed by atoms with E-state index in [2.05, 4.69) is 19.1 Å². The zero-order valence-electron chi connectivity index (χ0n) is 16.3. The van der Waals surface area contributed by atoms with E-state index in [4.69, 9.17) is 0 Å². The lowest BCUT2D eigenvalue weighted by Gasteiger charge is -2.05. The minimum atomic E-state index is 1.32. The van der Waals surface area contributed by atoms with Crippen molar-refractivity contribution in [3.05, 3.63) is 72.3 Å². The molecular weight excluding hydrogens is 300 g/mol. The van der Waals surface area contributed by atoms with Crippen LogP contribution in [0, 0.1) is 6.92 Å². The van der Waals surface area contributed by atoms with Crippen molar-refractivity contribution in [2.45, 2.75) is 84.0 Å². The second kappa shape index (κ2) is 17.3. The molecule has 2 saturated carbocycles. The Morgan fingerprint density at radius 2 is 0.560 bits per heavy atom. The van der Waals surface area contributed by atoms with Gasteiger partial charge in [-0.2, -0.15) is 0 Å². The zero-order chi connectivity index (χ0) is 17.8. The lowest BCUT2D eigenvalue weighted by atomic mass is 10.0. The maximum atomic E-state index is 2.08. The van der Waals surface area contributed by atoms with E-state index < -0.39 is 0 Å². The summed E-state index contributed by atoms with van der Waals surface area (Å²) in [6, 6.07) is 22.3. The average Bonchev–Trinajstić information content (AvgIpc) is 2.74. The van der Waals surface area contributed by atoms with Crippen LogP contribution in [0.1, 0.15) is 82.6 Å². The Hall–Kier alpha value is -1.56. The molecule has 0 atom stereocenters. The Balaban J connectivity index is 0.000000167. The molecule has 0 spiro atoms. The largest absolute Gasteiger partial charge is 0.0623 e. The highest BCUT2D eigenvalue weighted by atomic mass is 14.0. The molecule has 25 heavy (non-hydrogen) atoms. The summed E-state index contributed by atoms with van der Waals surface area (Å²) in [6.45, 7) is 2.08. The summed E-state index contributed by atoms with van der Waals surface area (Å²) < 4.78 is 0. The van der Waals surface area contributed by atoms with Crippen LogP contribution in [0.15, 0.2) is 66.7 Å². The fourth-order valence-electron chi connectivity index (χ4n) is 3.04. The third kappa shape index (κ3) is 15.7. The summed E-state index contributed by atoms with van der Waals surface area (Å²) in [5.41, 5.74) is 1.32. The van der Waals surface area contributed by atoms with Crippen LogP contribution in [0.3, 0.4) is 0 Å². The highest BCUT2D eigenvalue weighted by Gasteiger charge is 1.96. The van der Waals surface area contributed by atoms with E-state index in [1.54, 1.807) is 0 Å². The number of aryl methyl sites for hydroxylation is 1. The van der Waals surface area contributed by atoms with Crippen molar-refractivity contribution in [1.29, 1.82) is 0 Å². The number of hydrogen-bond donors (Lipinski definition) is 0. The predicted octanol–water partition coefficient (Wildman–Crippen LogP) is 8.36. The van der Waals surface area contributed by atoms with Gasteiger partial charge in [0.05, 0.1) is 0 Å². The second-order valence-electron chi connectivity index (χ2n) is 7.05. The molecule has 0 heteroatoms. The van der Waals surface area contributed by atoms with Crippen molar-refractivity contribution in [2.24, 2.45) is 0 Å². The predicted molar refractivity (Wildman–Crippen MR) is 113 cm³/mol. The van der Waals surface area contributed by atoms with Gasteiger partial charge in [0.25, 0.3) is 0 Å². The van der Waals surface area contributed by atoms with Crippen molar-refractivity contribution in [3.8, 4) is 0 Å². The minimum Gasteiger partial charge on any atom is -0.0623 e. The molecule has 0 saturated heterocycles. The first-order valence-corrected chi connectivity index (χ1v) is 10.4. The van der Waals surface area contributed by atoms with Crippen LogP contribution in [0.4, 0.5) is 0 Å². The van der Waals surface area contributed by atoms with E-state index in [1.807, 2.05) is 54.6 Å². The molecule has 2 aliphatic carbocycles. The fraction of sp³-hybridized carbons (Fsp3) is 0.520. The van der Waals surface area contributed by atoms with Crippen molar-refractivity contribution < 1.29 is 0 Å². The summed E-state index contributed by atoms with van der Waals surface area (Å²) in [4.78, 5) is 0. The topological polar surface area (TPSA) is 0 Å². The molecule has 0 nitrogen and oxygen atoms in total. The van der Waals surface area contributed by atoms with Crippen LogP contribution in [0.5, 0.6) is 0 Å². The first-order chi connectivity index (χ1) is 12.4. The molecule has 0 bridgehead atoms. The van der Waals surface area contributed by atoms with Crippen molar-refractivity contribution in [2.75, 3.05) is 0 Å². The van der Waals surface area contributed by atoms with Crippen LogP contribution in [-0.2, 0) is 0 Å². The highest BCUT2D eigenvalue weighted by Crippen LogP contribution is 2.15. The van der Waals surface area contributed by atoms with Gasteiger partial charge in [-0.3, -0.25) is 0 Å². The van der Waals surface area contributed by atoms with Crippen LogP contribution < -0.4 is 0 Å². The summed E-state index contributed by atoms with van der Waals surface area (Å²) in [7, 11) is 0. The zero-order valence-corrected chi connectivity index (χ0v) is 16.3. The maximum absolute atomic E-state index is 2.08. The molecule has 0 aromatic heterocycles. The summed E-state index contributed by atoms with van der Waals surface area (Å²) in [5, 5.41) is 0.